The first-order valence-electron chi connectivity index (χ1n) is 4.57. The van der Waals surface area contributed by atoms with Crippen molar-refractivity contribution in [2.45, 2.75) is 13.1 Å². The third-order valence-corrected chi connectivity index (χ3v) is 2.75. The lowest BCUT2D eigenvalue weighted by Gasteiger charge is -2.16. The van der Waals surface area contributed by atoms with Crippen molar-refractivity contribution >= 4 is 11.8 Å². The van der Waals surface area contributed by atoms with Crippen LogP contribution in [0.3, 0.4) is 0 Å². The number of halogens is 3. The second kappa shape index (κ2) is 6.96. The Morgan fingerprint density at radius 2 is 2.00 bits per heavy atom. The maximum Gasteiger partial charge on any atom is 0.405 e. The molecular weight excluding hydrogens is 225 g/mol. The number of thioether (sulfide) groups is 1. The topological polar surface area (TPSA) is 35.8 Å². The molecule has 0 aromatic heterocycles. The van der Waals surface area contributed by atoms with E-state index in [1.807, 2.05) is 13.2 Å². The van der Waals surface area contributed by atoms with Crippen LogP contribution in [0, 0.1) is 23.2 Å². The van der Waals surface area contributed by atoms with Gasteiger partial charge in [-0.25, -0.2) is 0 Å². The summed E-state index contributed by atoms with van der Waals surface area (Å²) in [7, 11) is 0. The van der Waals surface area contributed by atoms with Crippen LogP contribution in [0.5, 0.6) is 0 Å². The molecule has 0 aliphatic rings. The molecule has 1 N–H and O–H groups in total. The molecule has 0 aromatic carbocycles. The van der Waals surface area contributed by atoms with Gasteiger partial charge in [0.15, 0.2) is 5.92 Å². The number of hydrogen-bond donors (Lipinski definition) is 1. The molecular formula is C9H15F3N2S. The fraction of sp³-hybridized carbons (Fsp3) is 0.889. The van der Waals surface area contributed by atoms with Crippen LogP contribution in [0.2, 0.25) is 0 Å². The first-order valence-corrected chi connectivity index (χ1v) is 5.97. The van der Waals surface area contributed by atoms with Gasteiger partial charge in [0.2, 0.25) is 0 Å². The lowest BCUT2D eigenvalue weighted by Crippen LogP contribution is -2.34. The number of rotatable bonds is 6. The van der Waals surface area contributed by atoms with Crippen molar-refractivity contribution in [3.05, 3.63) is 0 Å². The fourth-order valence-electron chi connectivity index (χ4n) is 1.05. The summed E-state index contributed by atoms with van der Waals surface area (Å²) in [5.41, 5.74) is 0. The molecule has 0 rings (SSSR count). The van der Waals surface area contributed by atoms with Gasteiger partial charge in [0, 0.05) is 6.54 Å². The third kappa shape index (κ3) is 6.63. The Hall–Kier alpha value is -0.410. The van der Waals surface area contributed by atoms with E-state index in [-0.39, 0.29) is 6.54 Å². The molecule has 0 saturated carbocycles. The van der Waals surface area contributed by atoms with Crippen LogP contribution in [0.4, 0.5) is 13.2 Å². The summed E-state index contributed by atoms with van der Waals surface area (Å²) in [4.78, 5) is 0. The van der Waals surface area contributed by atoms with Crippen LogP contribution < -0.4 is 5.32 Å². The van der Waals surface area contributed by atoms with Crippen LogP contribution in [-0.4, -0.2) is 31.3 Å². The van der Waals surface area contributed by atoms with E-state index in [4.69, 9.17) is 5.26 Å². The number of nitrogens with one attached hydrogen (secondary N) is 1. The molecule has 0 amide bonds. The highest BCUT2D eigenvalue weighted by molar-refractivity contribution is 7.98. The largest absolute Gasteiger partial charge is 0.405 e. The summed E-state index contributed by atoms with van der Waals surface area (Å²) in [6, 6.07) is 1.26. The van der Waals surface area contributed by atoms with Gasteiger partial charge in [0.1, 0.15) is 0 Å². The molecule has 2 nitrogen and oxygen atoms in total. The van der Waals surface area contributed by atoms with Gasteiger partial charge in [0.25, 0.3) is 0 Å². The van der Waals surface area contributed by atoms with E-state index in [9.17, 15) is 13.2 Å². The molecule has 0 bridgehead atoms. The Morgan fingerprint density at radius 3 is 2.40 bits per heavy atom. The highest BCUT2D eigenvalue weighted by Gasteiger charge is 2.39. The molecule has 15 heavy (non-hydrogen) atoms. The van der Waals surface area contributed by atoms with Gasteiger partial charge in [-0.3, -0.25) is 0 Å². The van der Waals surface area contributed by atoms with Crippen molar-refractivity contribution in [2.75, 3.05) is 25.1 Å². The number of hydrogen-bond acceptors (Lipinski definition) is 3. The molecule has 0 saturated heterocycles. The Morgan fingerprint density at radius 1 is 1.40 bits per heavy atom. The minimum absolute atomic E-state index is 0.313. The zero-order valence-corrected chi connectivity index (χ0v) is 9.58. The quantitative estimate of drug-likeness (QED) is 0.773. The summed E-state index contributed by atoms with van der Waals surface area (Å²) in [6.07, 6.45) is -2.48. The van der Waals surface area contributed by atoms with Crippen LogP contribution in [0.15, 0.2) is 0 Å². The minimum atomic E-state index is -4.43. The van der Waals surface area contributed by atoms with Crippen molar-refractivity contribution in [1.82, 2.24) is 5.32 Å². The number of nitrogens with zero attached hydrogens (tertiary/aromatic N) is 1. The van der Waals surface area contributed by atoms with Crippen molar-refractivity contribution in [3.63, 3.8) is 0 Å². The summed E-state index contributed by atoms with van der Waals surface area (Å²) in [5.74, 6) is -0.692. The van der Waals surface area contributed by atoms with Gasteiger partial charge < -0.3 is 5.32 Å². The smallest absolute Gasteiger partial charge is 0.315 e. The second-order valence-corrected chi connectivity index (χ2v) is 4.35. The number of alkyl halides is 3. The molecule has 0 heterocycles. The maximum atomic E-state index is 12.1. The van der Waals surface area contributed by atoms with Crippen LogP contribution in [0.1, 0.15) is 6.92 Å². The van der Waals surface area contributed by atoms with E-state index in [2.05, 4.69) is 5.32 Å². The van der Waals surface area contributed by atoms with Crippen LogP contribution in [-0.2, 0) is 0 Å². The van der Waals surface area contributed by atoms with Gasteiger partial charge in [-0.05, 0) is 24.5 Å². The zero-order valence-electron chi connectivity index (χ0n) is 8.77. The van der Waals surface area contributed by atoms with E-state index >= 15 is 0 Å². The van der Waals surface area contributed by atoms with Crippen molar-refractivity contribution < 1.29 is 13.2 Å². The van der Waals surface area contributed by atoms with Crippen molar-refractivity contribution in [1.29, 1.82) is 5.26 Å². The lowest BCUT2D eigenvalue weighted by atomic mass is 10.1. The maximum absolute atomic E-state index is 12.1. The van der Waals surface area contributed by atoms with Gasteiger partial charge in [-0.15, -0.1) is 0 Å². The van der Waals surface area contributed by atoms with Gasteiger partial charge >= 0.3 is 6.18 Å². The molecule has 0 fully saturated rings. The van der Waals surface area contributed by atoms with Crippen LogP contribution in [0.25, 0.3) is 0 Å². The molecule has 2 unspecified atom stereocenters. The Kier molecular flexibility index (Phi) is 6.77. The average molecular weight is 240 g/mol. The highest BCUT2D eigenvalue weighted by atomic mass is 32.2. The molecule has 0 aliphatic heterocycles. The lowest BCUT2D eigenvalue weighted by molar-refractivity contribution is -0.157. The van der Waals surface area contributed by atoms with E-state index in [0.29, 0.717) is 12.5 Å². The van der Waals surface area contributed by atoms with Gasteiger partial charge in [-0.2, -0.15) is 30.2 Å². The zero-order chi connectivity index (χ0) is 11.9. The standard InChI is InChI=1S/C9H15F3N2S/c1-7(6-15-2)4-14-5-8(3-13)9(10,11)12/h7-8,14H,4-6H2,1-2H3. The SMILES string of the molecule is CSCC(C)CNCC(C#N)C(F)(F)F. The monoisotopic (exact) mass is 240 g/mol. The Balaban J connectivity index is 3.80. The summed E-state index contributed by atoms with van der Waals surface area (Å²) in [5, 5.41) is 11.0. The fourth-order valence-corrected chi connectivity index (χ4v) is 1.74. The van der Waals surface area contributed by atoms with Crippen molar-refractivity contribution in [3.8, 4) is 6.07 Å². The van der Waals surface area contributed by atoms with E-state index in [1.165, 1.54) is 6.07 Å². The molecule has 88 valence electrons. The predicted molar refractivity (Wildman–Crippen MR) is 55.6 cm³/mol. The number of nitriles is 1. The first-order chi connectivity index (χ1) is 6.91. The molecule has 6 heteroatoms. The summed E-state index contributed by atoms with van der Waals surface area (Å²) in [6.45, 7) is 2.15. The summed E-state index contributed by atoms with van der Waals surface area (Å²) >= 11 is 1.65. The van der Waals surface area contributed by atoms with E-state index in [1.54, 1.807) is 11.8 Å². The van der Waals surface area contributed by atoms with E-state index < -0.39 is 12.1 Å². The molecule has 0 radical (unpaired) electrons. The highest BCUT2D eigenvalue weighted by Crippen LogP contribution is 2.24. The van der Waals surface area contributed by atoms with E-state index in [0.717, 1.165) is 5.75 Å². The predicted octanol–water partition coefficient (Wildman–Crippen LogP) is 2.28. The average Bonchev–Trinajstić information content (AvgIpc) is 2.10. The molecule has 0 spiro atoms. The second-order valence-electron chi connectivity index (χ2n) is 3.44. The summed E-state index contributed by atoms with van der Waals surface area (Å²) < 4.78 is 36.4. The van der Waals surface area contributed by atoms with Crippen molar-refractivity contribution in [2.24, 2.45) is 11.8 Å². The Labute approximate surface area is 92.2 Å². The van der Waals surface area contributed by atoms with Gasteiger partial charge in [-0.1, -0.05) is 6.92 Å². The third-order valence-electron chi connectivity index (χ3n) is 1.84. The van der Waals surface area contributed by atoms with Crippen LogP contribution >= 0.6 is 11.8 Å². The minimum Gasteiger partial charge on any atom is -0.315 e. The molecule has 2 atom stereocenters. The van der Waals surface area contributed by atoms with Gasteiger partial charge in [0.05, 0.1) is 6.07 Å². The molecule has 0 aliphatic carbocycles. The normalized spacial score (nSPS) is 15.7. The molecule has 0 aromatic rings. The first kappa shape index (κ1) is 14.6. The Bertz CT molecular complexity index is 212.